The fourth-order valence-corrected chi connectivity index (χ4v) is 1.50. The third-order valence-corrected chi connectivity index (χ3v) is 2.38. The Hall–Kier alpha value is -2.71. The van der Waals surface area contributed by atoms with E-state index in [2.05, 4.69) is 15.5 Å². The Kier molecular flexibility index (Phi) is 3.40. The molecule has 106 valence electrons. The van der Waals surface area contributed by atoms with Gasteiger partial charge in [-0.2, -0.15) is 0 Å². The van der Waals surface area contributed by atoms with Crippen molar-refractivity contribution in [3.8, 4) is 0 Å². The van der Waals surface area contributed by atoms with Crippen LogP contribution in [0.1, 0.15) is 5.89 Å². The molecular formula is C11H11N3O6. The number of aromatic nitrogens is 2. The van der Waals surface area contributed by atoms with Crippen LogP contribution in [-0.4, -0.2) is 42.5 Å². The van der Waals surface area contributed by atoms with Crippen LogP contribution in [0.15, 0.2) is 22.7 Å². The van der Waals surface area contributed by atoms with Gasteiger partial charge < -0.3 is 23.4 Å². The smallest absolute Gasteiger partial charge is 0.323 e. The van der Waals surface area contributed by atoms with Crippen LogP contribution in [0.4, 0.5) is 6.01 Å². The minimum Gasteiger partial charge on any atom is -0.494 e. The summed E-state index contributed by atoms with van der Waals surface area (Å²) < 4.78 is 25.7. The van der Waals surface area contributed by atoms with Crippen LogP contribution in [0.3, 0.4) is 0 Å². The second-order valence-electron chi connectivity index (χ2n) is 3.77. The average molecular weight is 281 g/mol. The van der Waals surface area contributed by atoms with E-state index < -0.39 is 5.91 Å². The summed E-state index contributed by atoms with van der Waals surface area (Å²) in [4.78, 5) is 11.8. The highest BCUT2D eigenvalue weighted by Crippen LogP contribution is 2.19. The Morgan fingerprint density at radius 3 is 2.55 bits per heavy atom. The molecule has 1 aromatic rings. The lowest BCUT2D eigenvalue weighted by Crippen LogP contribution is -2.21. The van der Waals surface area contributed by atoms with Crippen molar-refractivity contribution < 1.29 is 28.2 Å². The van der Waals surface area contributed by atoms with Gasteiger partial charge in [0.15, 0.2) is 0 Å². The van der Waals surface area contributed by atoms with Crippen molar-refractivity contribution in [1.29, 1.82) is 0 Å². The zero-order chi connectivity index (χ0) is 13.8. The van der Waals surface area contributed by atoms with Gasteiger partial charge in [-0.15, -0.1) is 5.10 Å². The molecule has 3 rings (SSSR count). The third kappa shape index (κ3) is 2.66. The SMILES string of the molecule is O=C(Nc1nnc(C2=COCCO2)o1)C1=COCCO1. The summed E-state index contributed by atoms with van der Waals surface area (Å²) in [5.41, 5.74) is 0. The number of nitrogens with one attached hydrogen (secondary N) is 1. The molecule has 0 radical (unpaired) electrons. The number of hydrogen-bond acceptors (Lipinski definition) is 8. The van der Waals surface area contributed by atoms with Crippen molar-refractivity contribution in [3.05, 3.63) is 24.2 Å². The monoisotopic (exact) mass is 281 g/mol. The fraction of sp³-hybridized carbons (Fsp3) is 0.364. The minimum atomic E-state index is -0.533. The molecule has 20 heavy (non-hydrogen) atoms. The summed E-state index contributed by atoms with van der Waals surface area (Å²) in [7, 11) is 0. The van der Waals surface area contributed by atoms with Crippen LogP contribution < -0.4 is 5.32 Å². The molecule has 0 saturated carbocycles. The van der Waals surface area contributed by atoms with E-state index in [0.717, 1.165) is 0 Å². The van der Waals surface area contributed by atoms with E-state index in [4.69, 9.17) is 23.4 Å². The van der Waals surface area contributed by atoms with Gasteiger partial charge in [0.25, 0.3) is 11.8 Å². The van der Waals surface area contributed by atoms with Crippen LogP contribution in [0, 0.1) is 0 Å². The second-order valence-corrected chi connectivity index (χ2v) is 3.77. The highest BCUT2D eigenvalue weighted by molar-refractivity contribution is 6.00. The van der Waals surface area contributed by atoms with Crippen molar-refractivity contribution >= 4 is 17.7 Å². The Morgan fingerprint density at radius 1 is 1.05 bits per heavy atom. The molecule has 1 amide bonds. The summed E-state index contributed by atoms with van der Waals surface area (Å²) in [5.74, 6) is -0.0438. The molecule has 9 nitrogen and oxygen atoms in total. The van der Waals surface area contributed by atoms with Crippen molar-refractivity contribution in [3.63, 3.8) is 0 Å². The van der Waals surface area contributed by atoms with Crippen LogP contribution in [-0.2, 0) is 23.7 Å². The lowest BCUT2D eigenvalue weighted by atomic mass is 10.5. The van der Waals surface area contributed by atoms with Crippen LogP contribution in [0.5, 0.6) is 0 Å². The number of nitrogens with zero attached hydrogens (tertiary/aromatic N) is 2. The molecule has 2 aliphatic rings. The van der Waals surface area contributed by atoms with E-state index in [1.54, 1.807) is 0 Å². The van der Waals surface area contributed by atoms with E-state index in [9.17, 15) is 4.79 Å². The zero-order valence-electron chi connectivity index (χ0n) is 10.3. The van der Waals surface area contributed by atoms with Gasteiger partial charge in [-0.05, 0) is 0 Å². The van der Waals surface area contributed by atoms with Crippen LogP contribution in [0.25, 0.3) is 5.76 Å². The van der Waals surface area contributed by atoms with Gasteiger partial charge in [-0.3, -0.25) is 10.1 Å². The molecular weight excluding hydrogens is 270 g/mol. The summed E-state index contributed by atoms with van der Waals surface area (Å²) in [5, 5.41) is 9.81. The Bertz CT molecular complexity index is 564. The quantitative estimate of drug-likeness (QED) is 0.840. The van der Waals surface area contributed by atoms with Crippen molar-refractivity contribution in [2.45, 2.75) is 0 Å². The molecule has 0 saturated heterocycles. The fourth-order valence-electron chi connectivity index (χ4n) is 1.50. The van der Waals surface area contributed by atoms with Crippen molar-refractivity contribution in [2.24, 2.45) is 0 Å². The maximum atomic E-state index is 11.8. The van der Waals surface area contributed by atoms with E-state index in [1.165, 1.54) is 12.5 Å². The Labute approximate surface area is 113 Å². The van der Waals surface area contributed by atoms with Crippen molar-refractivity contribution in [1.82, 2.24) is 10.2 Å². The number of anilines is 1. The van der Waals surface area contributed by atoms with Gasteiger partial charge in [0, 0.05) is 0 Å². The molecule has 1 N–H and O–H groups in total. The first-order chi connectivity index (χ1) is 9.83. The molecule has 0 aliphatic carbocycles. The lowest BCUT2D eigenvalue weighted by molar-refractivity contribution is -0.117. The van der Waals surface area contributed by atoms with Crippen LogP contribution in [0.2, 0.25) is 0 Å². The first-order valence-corrected chi connectivity index (χ1v) is 5.87. The summed E-state index contributed by atoms with van der Waals surface area (Å²) in [6.45, 7) is 1.58. The molecule has 2 aliphatic heterocycles. The molecule has 0 fully saturated rings. The predicted octanol–water partition coefficient (Wildman–Crippen LogP) is 0.241. The van der Waals surface area contributed by atoms with Gasteiger partial charge in [0.2, 0.25) is 11.5 Å². The maximum absolute atomic E-state index is 11.8. The van der Waals surface area contributed by atoms with E-state index in [1.807, 2.05) is 0 Å². The standard InChI is InChI=1S/C11H11N3O6/c15-9(7-5-16-1-3-18-7)12-11-14-13-10(20-11)8-6-17-2-4-19-8/h5-6H,1-4H2,(H,12,14,15). The number of carbonyl (C=O) groups excluding carboxylic acids is 1. The first-order valence-electron chi connectivity index (χ1n) is 5.87. The second kappa shape index (κ2) is 5.51. The number of ether oxygens (including phenoxy) is 4. The average Bonchev–Trinajstić information content (AvgIpc) is 2.97. The zero-order valence-corrected chi connectivity index (χ0v) is 10.3. The van der Waals surface area contributed by atoms with Gasteiger partial charge in [-0.25, -0.2) is 0 Å². The summed E-state index contributed by atoms with van der Waals surface area (Å²) in [6.07, 6.45) is 2.61. The molecule has 0 aromatic carbocycles. The van der Waals surface area contributed by atoms with E-state index in [0.29, 0.717) is 32.2 Å². The van der Waals surface area contributed by atoms with Crippen LogP contribution >= 0.6 is 0 Å². The predicted molar refractivity (Wildman–Crippen MR) is 62.8 cm³/mol. The highest BCUT2D eigenvalue weighted by atomic mass is 16.6. The minimum absolute atomic E-state index is 0.0486. The summed E-state index contributed by atoms with van der Waals surface area (Å²) in [6, 6.07) is -0.0739. The number of carbonyl (C=O) groups is 1. The van der Waals surface area contributed by atoms with Gasteiger partial charge in [0.05, 0.1) is 0 Å². The molecule has 9 heteroatoms. The molecule has 0 unspecified atom stereocenters. The molecule has 3 heterocycles. The number of rotatable bonds is 3. The van der Waals surface area contributed by atoms with Crippen molar-refractivity contribution in [2.75, 3.05) is 31.7 Å². The Balaban J connectivity index is 1.66. The van der Waals surface area contributed by atoms with E-state index >= 15 is 0 Å². The molecule has 0 bridgehead atoms. The normalized spacial score (nSPS) is 17.6. The van der Waals surface area contributed by atoms with E-state index in [-0.39, 0.29) is 17.7 Å². The molecule has 0 spiro atoms. The largest absolute Gasteiger partial charge is 0.494 e. The highest BCUT2D eigenvalue weighted by Gasteiger charge is 2.20. The van der Waals surface area contributed by atoms with Gasteiger partial charge in [0.1, 0.15) is 39.0 Å². The first kappa shape index (κ1) is 12.3. The molecule has 1 aromatic heterocycles. The maximum Gasteiger partial charge on any atom is 0.323 e. The third-order valence-electron chi connectivity index (χ3n) is 2.38. The topological polar surface area (TPSA) is 105 Å². The number of amides is 1. The molecule has 0 atom stereocenters. The number of hydrogen-bond donors (Lipinski definition) is 1. The van der Waals surface area contributed by atoms with Gasteiger partial charge >= 0.3 is 6.01 Å². The lowest BCUT2D eigenvalue weighted by Gasteiger charge is -2.13. The summed E-state index contributed by atoms with van der Waals surface area (Å²) >= 11 is 0. The van der Waals surface area contributed by atoms with Gasteiger partial charge in [-0.1, -0.05) is 5.10 Å². The Morgan fingerprint density at radius 2 is 1.85 bits per heavy atom.